The first-order valence-electron chi connectivity index (χ1n) is 6.92. The molecule has 0 aromatic heterocycles. The van der Waals surface area contributed by atoms with Crippen molar-refractivity contribution in [3.8, 4) is 0 Å². The van der Waals surface area contributed by atoms with E-state index in [2.05, 4.69) is 0 Å². The summed E-state index contributed by atoms with van der Waals surface area (Å²) in [6.07, 6.45) is 3.04. The van der Waals surface area contributed by atoms with Gasteiger partial charge in [-0.1, -0.05) is 18.5 Å². The van der Waals surface area contributed by atoms with Gasteiger partial charge < -0.3 is 5.73 Å². The van der Waals surface area contributed by atoms with Crippen LogP contribution in [0, 0.1) is 12.8 Å². The fourth-order valence-electron chi connectivity index (χ4n) is 2.23. The van der Waals surface area contributed by atoms with Gasteiger partial charge in [0.1, 0.15) is 0 Å². The predicted molar refractivity (Wildman–Crippen MR) is 82.4 cm³/mol. The van der Waals surface area contributed by atoms with E-state index in [1.54, 1.807) is 17.3 Å². The fraction of sp³-hybridized carbons (Fsp3) is 0.571. The number of aryl methyl sites for hydroxylation is 1. The summed E-state index contributed by atoms with van der Waals surface area (Å²) >= 11 is 5.94. The smallest absolute Gasteiger partial charge is 0.243 e. The van der Waals surface area contributed by atoms with Crippen LogP contribution in [0.25, 0.3) is 0 Å². The highest BCUT2D eigenvalue weighted by Crippen LogP contribution is 2.33. The number of benzene rings is 1. The van der Waals surface area contributed by atoms with Gasteiger partial charge in [-0.3, -0.25) is 0 Å². The molecule has 0 bridgehead atoms. The molecule has 4 nitrogen and oxygen atoms in total. The third-order valence-electron chi connectivity index (χ3n) is 3.54. The first-order chi connectivity index (χ1) is 9.36. The number of hydrogen-bond donors (Lipinski definition) is 1. The summed E-state index contributed by atoms with van der Waals surface area (Å²) in [5, 5.41) is 0.394. The third kappa shape index (κ3) is 3.27. The molecule has 1 fully saturated rings. The van der Waals surface area contributed by atoms with Gasteiger partial charge >= 0.3 is 0 Å². The SMILES string of the molecule is CCCN(CC1CC1)S(=O)(=O)c1cc(N)c(Cl)cc1C. The first-order valence-corrected chi connectivity index (χ1v) is 8.73. The molecule has 0 amide bonds. The van der Waals surface area contributed by atoms with Gasteiger partial charge in [-0.15, -0.1) is 0 Å². The Kier molecular flexibility index (Phi) is 4.62. The Hall–Kier alpha value is -0.780. The van der Waals surface area contributed by atoms with E-state index in [0.29, 0.717) is 35.3 Å². The molecule has 1 aromatic rings. The largest absolute Gasteiger partial charge is 0.397 e. The molecule has 112 valence electrons. The Bertz CT molecular complexity index is 597. The van der Waals surface area contributed by atoms with Crippen molar-refractivity contribution in [2.75, 3.05) is 18.8 Å². The molecule has 2 rings (SSSR count). The lowest BCUT2D eigenvalue weighted by Crippen LogP contribution is -2.34. The van der Waals surface area contributed by atoms with Gasteiger partial charge in [0, 0.05) is 13.1 Å². The minimum Gasteiger partial charge on any atom is -0.397 e. The molecule has 1 aliphatic carbocycles. The quantitative estimate of drug-likeness (QED) is 0.820. The van der Waals surface area contributed by atoms with Gasteiger partial charge in [0.15, 0.2) is 0 Å². The lowest BCUT2D eigenvalue weighted by atomic mass is 10.2. The summed E-state index contributed by atoms with van der Waals surface area (Å²) in [6.45, 7) is 4.89. The maximum atomic E-state index is 12.8. The topological polar surface area (TPSA) is 63.4 Å². The molecule has 0 heterocycles. The normalized spacial score (nSPS) is 15.8. The van der Waals surface area contributed by atoms with E-state index in [-0.39, 0.29) is 4.90 Å². The lowest BCUT2D eigenvalue weighted by Gasteiger charge is -2.23. The third-order valence-corrected chi connectivity index (χ3v) is 5.88. The number of nitrogens with zero attached hydrogens (tertiary/aromatic N) is 1. The number of nitrogen functional groups attached to an aromatic ring is 1. The van der Waals surface area contributed by atoms with Crippen LogP contribution >= 0.6 is 11.6 Å². The molecular weight excluding hydrogens is 296 g/mol. The second kappa shape index (κ2) is 5.92. The Morgan fingerprint density at radius 1 is 1.40 bits per heavy atom. The molecule has 0 radical (unpaired) electrons. The molecule has 20 heavy (non-hydrogen) atoms. The standard InChI is InChI=1S/C14H21ClN2O2S/c1-3-6-17(9-11-4-5-11)20(18,19)14-8-13(16)12(15)7-10(14)2/h7-8,11H,3-6,9,16H2,1-2H3. The van der Waals surface area contributed by atoms with E-state index in [0.717, 1.165) is 19.3 Å². The fourth-order valence-corrected chi connectivity index (χ4v) is 4.30. The number of nitrogens with two attached hydrogens (primary N) is 1. The van der Waals surface area contributed by atoms with Crippen LogP contribution in [0.1, 0.15) is 31.7 Å². The minimum absolute atomic E-state index is 0.272. The van der Waals surface area contributed by atoms with Gasteiger partial charge in [-0.05, 0) is 49.8 Å². The molecular formula is C14H21ClN2O2S. The Labute approximate surface area is 126 Å². The number of rotatable bonds is 6. The minimum atomic E-state index is -3.49. The van der Waals surface area contributed by atoms with E-state index in [1.165, 1.54) is 6.07 Å². The molecule has 2 N–H and O–H groups in total. The molecule has 0 atom stereocenters. The maximum Gasteiger partial charge on any atom is 0.243 e. The van der Waals surface area contributed by atoms with Crippen molar-refractivity contribution in [3.05, 3.63) is 22.7 Å². The van der Waals surface area contributed by atoms with Crippen molar-refractivity contribution in [3.63, 3.8) is 0 Å². The van der Waals surface area contributed by atoms with Crippen LogP contribution in [0.2, 0.25) is 5.02 Å². The predicted octanol–water partition coefficient (Wildman–Crippen LogP) is 3.04. The summed E-state index contributed by atoms with van der Waals surface area (Å²) in [5.41, 5.74) is 6.70. The van der Waals surface area contributed by atoms with E-state index in [9.17, 15) is 8.42 Å². The van der Waals surface area contributed by atoms with Gasteiger partial charge in [0.05, 0.1) is 15.6 Å². The van der Waals surface area contributed by atoms with Crippen molar-refractivity contribution in [2.24, 2.45) is 5.92 Å². The van der Waals surface area contributed by atoms with Crippen molar-refractivity contribution in [2.45, 2.75) is 38.0 Å². The summed E-state index contributed by atoms with van der Waals surface area (Å²) in [7, 11) is -3.49. The van der Waals surface area contributed by atoms with Crippen LogP contribution in [-0.2, 0) is 10.0 Å². The van der Waals surface area contributed by atoms with Crippen LogP contribution in [0.3, 0.4) is 0 Å². The molecule has 6 heteroatoms. The average molecular weight is 317 g/mol. The summed E-state index contributed by atoms with van der Waals surface area (Å²) < 4.78 is 27.2. The highest BCUT2D eigenvalue weighted by molar-refractivity contribution is 7.89. The number of halogens is 1. The molecule has 0 saturated heterocycles. The molecule has 0 spiro atoms. The highest BCUT2D eigenvalue weighted by Gasteiger charge is 2.32. The molecule has 1 aliphatic rings. The van der Waals surface area contributed by atoms with E-state index < -0.39 is 10.0 Å². The summed E-state index contributed by atoms with van der Waals surface area (Å²) in [6, 6.07) is 3.09. The lowest BCUT2D eigenvalue weighted by molar-refractivity contribution is 0.395. The van der Waals surface area contributed by atoms with E-state index in [4.69, 9.17) is 17.3 Å². The molecule has 0 aliphatic heterocycles. The van der Waals surface area contributed by atoms with Crippen LogP contribution < -0.4 is 5.73 Å². The zero-order valence-corrected chi connectivity index (χ0v) is 13.5. The Morgan fingerprint density at radius 2 is 2.05 bits per heavy atom. The van der Waals surface area contributed by atoms with Gasteiger partial charge in [0.25, 0.3) is 0 Å². The molecule has 1 aromatic carbocycles. The maximum absolute atomic E-state index is 12.8. The second-order valence-corrected chi connectivity index (χ2v) is 7.76. The first kappa shape index (κ1) is 15.6. The van der Waals surface area contributed by atoms with Gasteiger partial charge in [-0.2, -0.15) is 4.31 Å². The monoisotopic (exact) mass is 316 g/mol. The number of anilines is 1. The molecule has 0 unspecified atom stereocenters. The van der Waals surface area contributed by atoms with Crippen molar-refractivity contribution >= 4 is 27.3 Å². The van der Waals surface area contributed by atoms with Crippen molar-refractivity contribution in [1.82, 2.24) is 4.31 Å². The average Bonchev–Trinajstić information content (AvgIpc) is 3.17. The summed E-state index contributed by atoms with van der Waals surface area (Å²) in [4.78, 5) is 0.272. The Morgan fingerprint density at radius 3 is 2.60 bits per heavy atom. The van der Waals surface area contributed by atoms with Gasteiger partial charge in [0.2, 0.25) is 10.0 Å². The zero-order chi connectivity index (χ0) is 14.9. The van der Waals surface area contributed by atoms with Crippen LogP contribution in [0.5, 0.6) is 0 Å². The Balaban J connectivity index is 2.38. The molecule has 1 saturated carbocycles. The zero-order valence-electron chi connectivity index (χ0n) is 11.9. The second-order valence-electron chi connectivity index (χ2n) is 5.45. The van der Waals surface area contributed by atoms with Crippen LogP contribution in [0.15, 0.2) is 17.0 Å². The highest BCUT2D eigenvalue weighted by atomic mass is 35.5. The summed E-state index contributed by atoms with van der Waals surface area (Å²) in [5.74, 6) is 0.515. The van der Waals surface area contributed by atoms with E-state index in [1.807, 2.05) is 6.92 Å². The van der Waals surface area contributed by atoms with Crippen LogP contribution in [0.4, 0.5) is 5.69 Å². The number of hydrogen-bond acceptors (Lipinski definition) is 3. The van der Waals surface area contributed by atoms with Gasteiger partial charge in [-0.25, -0.2) is 8.42 Å². The van der Waals surface area contributed by atoms with Crippen LogP contribution in [-0.4, -0.2) is 25.8 Å². The van der Waals surface area contributed by atoms with Crippen molar-refractivity contribution in [1.29, 1.82) is 0 Å². The number of sulfonamides is 1. The van der Waals surface area contributed by atoms with Crippen molar-refractivity contribution < 1.29 is 8.42 Å². The van der Waals surface area contributed by atoms with E-state index >= 15 is 0 Å².